The summed E-state index contributed by atoms with van der Waals surface area (Å²) in [5.41, 5.74) is 1.35. The Bertz CT molecular complexity index is 815. The van der Waals surface area contributed by atoms with Crippen LogP contribution in [0.1, 0.15) is 16.4 Å². The molecular formula is C18H18N4OS. The summed E-state index contributed by atoms with van der Waals surface area (Å²) in [5, 5.41) is 0.885. The van der Waals surface area contributed by atoms with Crippen LogP contribution >= 0.6 is 11.3 Å². The number of hydrogen-bond acceptors (Lipinski definition) is 6. The minimum Gasteiger partial charge on any atom is -0.497 e. The van der Waals surface area contributed by atoms with Gasteiger partial charge in [0.2, 0.25) is 0 Å². The highest BCUT2D eigenvalue weighted by Crippen LogP contribution is 2.31. The predicted octanol–water partition coefficient (Wildman–Crippen LogP) is 3.21. The second kappa shape index (κ2) is 6.67. The van der Waals surface area contributed by atoms with Crippen molar-refractivity contribution in [3.05, 3.63) is 59.4 Å². The molecule has 0 spiro atoms. The number of benzene rings is 1. The Labute approximate surface area is 145 Å². The Kier molecular flexibility index (Phi) is 4.23. The third kappa shape index (κ3) is 3.16. The number of nitrogens with zero attached hydrogens (tertiary/aromatic N) is 4. The van der Waals surface area contributed by atoms with Crippen LogP contribution in [0.5, 0.6) is 5.75 Å². The first-order chi connectivity index (χ1) is 11.8. The van der Waals surface area contributed by atoms with Crippen LogP contribution in [0, 0.1) is 0 Å². The maximum atomic E-state index is 5.31. The van der Waals surface area contributed by atoms with Crippen molar-refractivity contribution in [3.8, 4) is 16.6 Å². The highest BCUT2D eigenvalue weighted by Gasteiger charge is 2.28. The molecule has 1 fully saturated rings. The SMILES string of the molecule is COc1cccc(C2CN(Cc3cnc(-c4ncccn4)s3)C2)c1. The topological polar surface area (TPSA) is 51.1 Å². The molecule has 0 atom stereocenters. The molecule has 0 unspecified atom stereocenters. The predicted molar refractivity (Wildman–Crippen MR) is 94.2 cm³/mol. The summed E-state index contributed by atoms with van der Waals surface area (Å²) in [6.07, 6.45) is 5.43. The van der Waals surface area contributed by atoms with E-state index in [4.69, 9.17) is 4.74 Å². The van der Waals surface area contributed by atoms with Gasteiger partial charge in [-0.15, -0.1) is 11.3 Å². The Morgan fingerprint density at radius 3 is 2.79 bits per heavy atom. The van der Waals surface area contributed by atoms with Gasteiger partial charge in [-0.1, -0.05) is 12.1 Å². The molecule has 1 aliphatic heterocycles. The van der Waals surface area contributed by atoms with Gasteiger partial charge in [0.15, 0.2) is 10.8 Å². The minimum atomic E-state index is 0.588. The molecule has 0 N–H and O–H groups in total. The van der Waals surface area contributed by atoms with Crippen LogP contribution in [0.4, 0.5) is 0 Å². The van der Waals surface area contributed by atoms with Gasteiger partial charge >= 0.3 is 0 Å². The van der Waals surface area contributed by atoms with Crippen LogP contribution < -0.4 is 4.74 Å². The van der Waals surface area contributed by atoms with E-state index in [1.165, 1.54) is 10.4 Å². The van der Waals surface area contributed by atoms with Gasteiger partial charge in [0, 0.05) is 49.0 Å². The molecule has 122 valence electrons. The molecule has 5 nitrogen and oxygen atoms in total. The maximum absolute atomic E-state index is 5.31. The normalized spacial score (nSPS) is 15.2. The molecule has 6 heteroatoms. The molecule has 0 aliphatic carbocycles. The molecule has 3 heterocycles. The minimum absolute atomic E-state index is 0.588. The zero-order valence-electron chi connectivity index (χ0n) is 13.4. The maximum Gasteiger partial charge on any atom is 0.188 e. The fourth-order valence-corrected chi connectivity index (χ4v) is 3.82. The van der Waals surface area contributed by atoms with Crippen LogP contribution in [0.15, 0.2) is 48.9 Å². The average Bonchev–Trinajstić information content (AvgIpc) is 3.07. The summed E-state index contributed by atoms with van der Waals surface area (Å²) >= 11 is 1.67. The molecule has 0 bridgehead atoms. The Hall–Kier alpha value is -2.31. The first kappa shape index (κ1) is 15.2. The standard InChI is InChI=1S/C18H18N4OS/c1-23-15-5-2-4-13(8-15)14-10-22(11-14)12-16-9-21-18(24-16)17-19-6-3-7-20-17/h2-9,14H,10-12H2,1H3. The van der Waals surface area contributed by atoms with Crippen LogP contribution in [0.2, 0.25) is 0 Å². The van der Waals surface area contributed by atoms with Gasteiger partial charge in [-0.2, -0.15) is 0 Å². The summed E-state index contributed by atoms with van der Waals surface area (Å²) < 4.78 is 5.31. The van der Waals surface area contributed by atoms with Gasteiger partial charge in [-0.25, -0.2) is 15.0 Å². The molecule has 1 saturated heterocycles. The van der Waals surface area contributed by atoms with Crippen LogP contribution in [-0.2, 0) is 6.54 Å². The highest BCUT2D eigenvalue weighted by molar-refractivity contribution is 7.14. The van der Waals surface area contributed by atoms with E-state index in [0.29, 0.717) is 11.7 Å². The van der Waals surface area contributed by atoms with Gasteiger partial charge < -0.3 is 4.74 Å². The Morgan fingerprint density at radius 2 is 2.00 bits per heavy atom. The number of likely N-dealkylation sites (tertiary alicyclic amines) is 1. The fraction of sp³-hybridized carbons (Fsp3) is 0.278. The average molecular weight is 338 g/mol. The highest BCUT2D eigenvalue weighted by atomic mass is 32.1. The quantitative estimate of drug-likeness (QED) is 0.715. The van der Waals surface area contributed by atoms with Crippen LogP contribution in [0.25, 0.3) is 10.8 Å². The van der Waals surface area contributed by atoms with Crippen molar-refractivity contribution in [2.45, 2.75) is 12.5 Å². The lowest BCUT2D eigenvalue weighted by Gasteiger charge is -2.39. The zero-order chi connectivity index (χ0) is 16.4. The second-order valence-electron chi connectivity index (χ2n) is 5.87. The molecule has 0 saturated carbocycles. The number of aromatic nitrogens is 3. The summed E-state index contributed by atoms with van der Waals surface area (Å²) in [4.78, 5) is 16.6. The molecular weight excluding hydrogens is 320 g/mol. The Balaban J connectivity index is 1.36. The number of hydrogen-bond donors (Lipinski definition) is 0. The second-order valence-corrected chi connectivity index (χ2v) is 6.99. The summed E-state index contributed by atoms with van der Waals surface area (Å²) in [6, 6.07) is 10.2. The van der Waals surface area contributed by atoms with E-state index in [1.807, 2.05) is 18.3 Å². The first-order valence-electron chi connectivity index (χ1n) is 7.90. The van der Waals surface area contributed by atoms with Crippen molar-refractivity contribution in [2.24, 2.45) is 0 Å². The first-order valence-corrected chi connectivity index (χ1v) is 8.72. The van der Waals surface area contributed by atoms with Crippen molar-refractivity contribution < 1.29 is 4.74 Å². The molecule has 3 aromatic rings. The van der Waals surface area contributed by atoms with Crippen molar-refractivity contribution in [1.29, 1.82) is 0 Å². The van der Waals surface area contributed by atoms with Crippen molar-refractivity contribution in [3.63, 3.8) is 0 Å². The van der Waals surface area contributed by atoms with E-state index in [-0.39, 0.29) is 0 Å². The van der Waals surface area contributed by atoms with Gasteiger partial charge in [-0.05, 0) is 23.8 Å². The van der Waals surface area contributed by atoms with E-state index in [0.717, 1.165) is 30.4 Å². The zero-order valence-corrected chi connectivity index (χ0v) is 14.2. The molecule has 24 heavy (non-hydrogen) atoms. The molecule has 0 radical (unpaired) electrons. The van der Waals surface area contributed by atoms with Crippen molar-refractivity contribution >= 4 is 11.3 Å². The number of ether oxygens (including phenoxy) is 1. The number of rotatable bonds is 5. The lowest BCUT2D eigenvalue weighted by atomic mass is 9.91. The summed E-state index contributed by atoms with van der Waals surface area (Å²) in [7, 11) is 1.71. The summed E-state index contributed by atoms with van der Waals surface area (Å²) in [6.45, 7) is 3.08. The van der Waals surface area contributed by atoms with E-state index in [9.17, 15) is 0 Å². The van der Waals surface area contributed by atoms with Gasteiger partial charge in [0.25, 0.3) is 0 Å². The fourth-order valence-electron chi connectivity index (χ4n) is 2.92. The van der Waals surface area contributed by atoms with Gasteiger partial charge in [0.1, 0.15) is 5.75 Å². The van der Waals surface area contributed by atoms with Crippen molar-refractivity contribution in [2.75, 3.05) is 20.2 Å². The van der Waals surface area contributed by atoms with Crippen LogP contribution in [0.3, 0.4) is 0 Å². The van der Waals surface area contributed by atoms with E-state index >= 15 is 0 Å². The Morgan fingerprint density at radius 1 is 1.17 bits per heavy atom. The monoisotopic (exact) mass is 338 g/mol. The molecule has 4 rings (SSSR count). The molecule has 1 aliphatic rings. The summed E-state index contributed by atoms with van der Waals surface area (Å²) in [5.74, 6) is 2.22. The lowest BCUT2D eigenvalue weighted by Crippen LogP contribution is -2.43. The molecule has 2 aromatic heterocycles. The van der Waals surface area contributed by atoms with Gasteiger partial charge in [0.05, 0.1) is 7.11 Å². The number of methoxy groups -OCH3 is 1. The largest absolute Gasteiger partial charge is 0.497 e. The van der Waals surface area contributed by atoms with Gasteiger partial charge in [-0.3, -0.25) is 4.90 Å². The van der Waals surface area contributed by atoms with Crippen LogP contribution in [-0.4, -0.2) is 40.1 Å². The molecule has 0 amide bonds. The third-order valence-corrected chi connectivity index (χ3v) is 5.19. The third-order valence-electron chi connectivity index (χ3n) is 4.21. The molecule has 1 aromatic carbocycles. The van der Waals surface area contributed by atoms with Crippen molar-refractivity contribution in [1.82, 2.24) is 19.9 Å². The lowest BCUT2D eigenvalue weighted by molar-refractivity contribution is 0.141. The van der Waals surface area contributed by atoms with E-state index in [1.54, 1.807) is 30.8 Å². The number of thiazole rings is 1. The van der Waals surface area contributed by atoms with E-state index < -0.39 is 0 Å². The van der Waals surface area contributed by atoms with E-state index in [2.05, 4.69) is 38.1 Å². The smallest absolute Gasteiger partial charge is 0.188 e.